The number of nitrogens with one attached hydrogen (secondary N) is 1. The van der Waals surface area contributed by atoms with Crippen LogP contribution in [-0.4, -0.2) is 50.7 Å². The van der Waals surface area contributed by atoms with Gasteiger partial charge in [0.25, 0.3) is 0 Å². The van der Waals surface area contributed by atoms with Crippen molar-refractivity contribution in [2.24, 2.45) is 0 Å². The summed E-state index contributed by atoms with van der Waals surface area (Å²) in [4.78, 5) is 13.5. The second-order valence-electron chi connectivity index (χ2n) is 7.23. The zero-order valence-corrected chi connectivity index (χ0v) is 18.6. The SMILES string of the molecule is O=C(CSc1ccc2ccccc2c1)NCc1ccc(S(=O)(=O)N2CCOCC2)cc1. The van der Waals surface area contributed by atoms with E-state index in [9.17, 15) is 13.2 Å². The Hall–Kier alpha value is -2.39. The average molecular weight is 457 g/mol. The van der Waals surface area contributed by atoms with Gasteiger partial charge in [-0.2, -0.15) is 4.31 Å². The Bertz CT molecular complexity index is 1160. The van der Waals surface area contributed by atoms with E-state index in [1.807, 2.05) is 18.2 Å². The molecule has 0 spiro atoms. The molecule has 0 aromatic heterocycles. The van der Waals surface area contributed by atoms with Gasteiger partial charge in [0.1, 0.15) is 0 Å². The number of sulfonamides is 1. The van der Waals surface area contributed by atoms with Gasteiger partial charge >= 0.3 is 0 Å². The summed E-state index contributed by atoms with van der Waals surface area (Å²) >= 11 is 1.49. The van der Waals surface area contributed by atoms with E-state index in [4.69, 9.17) is 4.74 Å². The predicted octanol–water partition coefficient (Wildman–Crippen LogP) is 3.27. The molecule has 162 valence electrons. The molecule has 1 saturated heterocycles. The van der Waals surface area contributed by atoms with E-state index in [-0.39, 0.29) is 10.8 Å². The number of thioether (sulfide) groups is 1. The number of nitrogens with zero attached hydrogens (tertiary/aromatic N) is 1. The zero-order valence-electron chi connectivity index (χ0n) is 17.0. The molecule has 6 nitrogen and oxygen atoms in total. The molecule has 1 aliphatic rings. The highest BCUT2D eigenvalue weighted by atomic mass is 32.2. The van der Waals surface area contributed by atoms with Crippen LogP contribution in [-0.2, 0) is 26.1 Å². The highest BCUT2D eigenvalue weighted by Crippen LogP contribution is 2.23. The van der Waals surface area contributed by atoms with Gasteiger partial charge in [-0.1, -0.05) is 42.5 Å². The molecular weight excluding hydrogens is 432 g/mol. The number of rotatable bonds is 7. The van der Waals surface area contributed by atoms with E-state index < -0.39 is 10.0 Å². The van der Waals surface area contributed by atoms with Gasteiger partial charge < -0.3 is 10.1 Å². The van der Waals surface area contributed by atoms with E-state index in [0.717, 1.165) is 15.8 Å². The molecule has 3 aromatic carbocycles. The third-order valence-electron chi connectivity index (χ3n) is 5.11. The fourth-order valence-electron chi connectivity index (χ4n) is 3.37. The van der Waals surface area contributed by atoms with Gasteiger partial charge in [0.05, 0.1) is 23.9 Å². The third-order valence-corrected chi connectivity index (χ3v) is 8.02. The Balaban J connectivity index is 1.29. The highest BCUT2D eigenvalue weighted by molar-refractivity contribution is 8.00. The first-order chi connectivity index (χ1) is 15.0. The molecule has 0 aliphatic carbocycles. The fraction of sp³-hybridized carbons (Fsp3) is 0.261. The maximum atomic E-state index is 12.7. The molecule has 31 heavy (non-hydrogen) atoms. The first-order valence-electron chi connectivity index (χ1n) is 10.1. The van der Waals surface area contributed by atoms with Crippen molar-refractivity contribution in [1.82, 2.24) is 9.62 Å². The van der Waals surface area contributed by atoms with Crippen molar-refractivity contribution in [3.05, 3.63) is 72.3 Å². The molecule has 4 rings (SSSR count). The number of carbonyl (C=O) groups excluding carboxylic acids is 1. The summed E-state index contributed by atoms with van der Waals surface area (Å²) in [5.74, 6) is 0.255. The Labute approximate surface area is 186 Å². The molecule has 1 aliphatic heterocycles. The molecule has 0 atom stereocenters. The summed E-state index contributed by atoms with van der Waals surface area (Å²) in [6.45, 7) is 1.93. The first-order valence-corrected chi connectivity index (χ1v) is 12.5. The van der Waals surface area contributed by atoms with E-state index in [1.165, 1.54) is 21.5 Å². The van der Waals surface area contributed by atoms with Crippen LogP contribution in [0.15, 0.2) is 76.5 Å². The van der Waals surface area contributed by atoms with Crippen LogP contribution in [0.5, 0.6) is 0 Å². The standard InChI is InChI=1S/C23H24N2O4S2/c26-23(17-30-21-8-7-19-3-1-2-4-20(19)15-21)24-16-18-5-9-22(10-6-18)31(27,28)25-11-13-29-14-12-25/h1-10,15H,11-14,16-17H2,(H,24,26). The van der Waals surface area contributed by atoms with E-state index in [1.54, 1.807) is 24.3 Å². The van der Waals surface area contributed by atoms with Crippen molar-refractivity contribution < 1.29 is 17.9 Å². The summed E-state index contributed by atoms with van der Waals surface area (Å²) in [6.07, 6.45) is 0. The van der Waals surface area contributed by atoms with Crippen LogP contribution >= 0.6 is 11.8 Å². The molecule has 1 fully saturated rings. The van der Waals surface area contributed by atoms with Crippen LogP contribution in [0.1, 0.15) is 5.56 Å². The van der Waals surface area contributed by atoms with Gasteiger partial charge in [0, 0.05) is 24.5 Å². The quantitative estimate of drug-likeness (QED) is 0.553. The largest absolute Gasteiger partial charge is 0.379 e. The Morgan fingerprint density at radius 3 is 2.42 bits per heavy atom. The number of hydrogen-bond donors (Lipinski definition) is 1. The molecule has 1 N–H and O–H groups in total. The minimum atomic E-state index is -3.50. The van der Waals surface area contributed by atoms with E-state index in [0.29, 0.717) is 38.6 Å². The lowest BCUT2D eigenvalue weighted by Crippen LogP contribution is -2.40. The van der Waals surface area contributed by atoms with Gasteiger partial charge in [0.2, 0.25) is 15.9 Å². The van der Waals surface area contributed by atoms with Gasteiger partial charge in [-0.3, -0.25) is 4.79 Å². The third kappa shape index (κ3) is 5.46. The molecule has 0 radical (unpaired) electrons. The highest BCUT2D eigenvalue weighted by Gasteiger charge is 2.26. The zero-order chi connectivity index (χ0) is 21.7. The van der Waals surface area contributed by atoms with E-state index >= 15 is 0 Å². The van der Waals surface area contributed by atoms with Gasteiger partial charge in [-0.05, 0) is 40.6 Å². The lowest BCUT2D eigenvalue weighted by molar-refractivity contribution is -0.118. The summed E-state index contributed by atoms with van der Waals surface area (Å²) in [5.41, 5.74) is 0.852. The Kier molecular flexibility index (Phi) is 6.92. The normalized spacial score (nSPS) is 15.1. The summed E-state index contributed by atoms with van der Waals surface area (Å²) < 4.78 is 32.0. The van der Waals surface area contributed by atoms with Crippen molar-refractivity contribution in [2.75, 3.05) is 32.1 Å². The number of amides is 1. The molecular formula is C23H24N2O4S2. The molecule has 3 aromatic rings. The minimum absolute atomic E-state index is 0.0665. The Morgan fingerprint density at radius 2 is 1.68 bits per heavy atom. The second-order valence-corrected chi connectivity index (χ2v) is 10.2. The number of morpholine rings is 1. The molecule has 0 bridgehead atoms. The Morgan fingerprint density at radius 1 is 0.968 bits per heavy atom. The number of hydrogen-bond acceptors (Lipinski definition) is 5. The van der Waals surface area contributed by atoms with Crippen molar-refractivity contribution in [3.63, 3.8) is 0 Å². The topological polar surface area (TPSA) is 75.7 Å². The summed E-state index contributed by atoms with van der Waals surface area (Å²) in [7, 11) is -3.50. The summed E-state index contributed by atoms with van der Waals surface area (Å²) in [5, 5.41) is 5.22. The van der Waals surface area contributed by atoms with Crippen molar-refractivity contribution in [2.45, 2.75) is 16.3 Å². The molecule has 1 amide bonds. The first kappa shape index (κ1) is 21.8. The van der Waals surface area contributed by atoms with Crippen LogP contribution in [0.4, 0.5) is 0 Å². The lowest BCUT2D eigenvalue weighted by Gasteiger charge is -2.26. The van der Waals surface area contributed by atoms with Crippen LogP contribution in [0, 0.1) is 0 Å². The van der Waals surface area contributed by atoms with Crippen molar-refractivity contribution in [3.8, 4) is 0 Å². The fourth-order valence-corrected chi connectivity index (χ4v) is 5.56. The monoisotopic (exact) mass is 456 g/mol. The van der Waals surface area contributed by atoms with Gasteiger partial charge in [-0.25, -0.2) is 8.42 Å². The maximum absolute atomic E-state index is 12.7. The number of benzene rings is 3. The maximum Gasteiger partial charge on any atom is 0.243 e. The second kappa shape index (κ2) is 9.82. The van der Waals surface area contributed by atoms with E-state index in [2.05, 4.69) is 29.6 Å². The smallest absolute Gasteiger partial charge is 0.243 e. The van der Waals surface area contributed by atoms with Crippen molar-refractivity contribution >= 4 is 38.5 Å². The number of carbonyl (C=O) groups is 1. The van der Waals surface area contributed by atoms with Crippen LogP contribution in [0.25, 0.3) is 10.8 Å². The molecule has 0 saturated carbocycles. The number of ether oxygens (including phenoxy) is 1. The van der Waals surface area contributed by atoms with Gasteiger partial charge in [-0.15, -0.1) is 11.8 Å². The van der Waals surface area contributed by atoms with Crippen LogP contribution in [0.2, 0.25) is 0 Å². The average Bonchev–Trinajstić information content (AvgIpc) is 2.82. The molecule has 1 heterocycles. The van der Waals surface area contributed by atoms with Crippen molar-refractivity contribution in [1.29, 1.82) is 0 Å². The van der Waals surface area contributed by atoms with Gasteiger partial charge in [0.15, 0.2) is 0 Å². The minimum Gasteiger partial charge on any atom is -0.379 e. The molecule has 8 heteroatoms. The number of fused-ring (bicyclic) bond motifs is 1. The lowest BCUT2D eigenvalue weighted by atomic mass is 10.1. The predicted molar refractivity (Wildman–Crippen MR) is 123 cm³/mol. The molecule has 0 unspecified atom stereocenters. The van der Waals surface area contributed by atoms with Crippen LogP contribution < -0.4 is 5.32 Å². The summed E-state index contributed by atoms with van der Waals surface area (Å²) in [6, 6.07) is 21.0. The van der Waals surface area contributed by atoms with Crippen LogP contribution in [0.3, 0.4) is 0 Å².